The van der Waals surface area contributed by atoms with Gasteiger partial charge in [-0.2, -0.15) is 4.98 Å². The summed E-state index contributed by atoms with van der Waals surface area (Å²) in [6.07, 6.45) is 2.71. The number of carboxylic acid groups (broad SMARTS) is 1. The van der Waals surface area contributed by atoms with Gasteiger partial charge in [-0.05, 0) is 24.8 Å². The van der Waals surface area contributed by atoms with Crippen molar-refractivity contribution in [1.29, 1.82) is 0 Å². The summed E-state index contributed by atoms with van der Waals surface area (Å²) in [5, 5.41) is 11.9. The van der Waals surface area contributed by atoms with Gasteiger partial charge in [-0.1, -0.05) is 30.3 Å². The molecule has 2 N–H and O–H groups in total. The second-order valence-corrected chi connectivity index (χ2v) is 5.15. The Morgan fingerprint density at radius 1 is 1.23 bits per heavy atom. The van der Waals surface area contributed by atoms with E-state index in [1.807, 2.05) is 30.3 Å². The molecule has 0 fully saturated rings. The molecule has 0 radical (unpaired) electrons. The van der Waals surface area contributed by atoms with Crippen LogP contribution in [-0.4, -0.2) is 27.7 Å². The van der Waals surface area contributed by atoms with Crippen molar-refractivity contribution in [2.75, 3.05) is 11.9 Å². The van der Waals surface area contributed by atoms with Crippen LogP contribution in [0.2, 0.25) is 0 Å². The van der Waals surface area contributed by atoms with Crippen LogP contribution in [0.3, 0.4) is 0 Å². The van der Waals surface area contributed by atoms with Gasteiger partial charge in [-0.3, -0.25) is 0 Å². The number of nitrogens with zero attached hydrogens (tertiary/aromatic N) is 2. The van der Waals surface area contributed by atoms with Crippen LogP contribution in [0.15, 0.2) is 30.3 Å². The zero-order valence-corrected chi connectivity index (χ0v) is 12.1. The van der Waals surface area contributed by atoms with E-state index in [9.17, 15) is 4.79 Å². The molecule has 114 valence electrons. The van der Waals surface area contributed by atoms with E-state index in [2.05, 4.69) is 15.3 Å². The van der Waals surface area contributed by atoms with E-state index in [1.54, 1.807) is 0 Å². The molecule has 0 unspecified atom stereocenters. The summed E-state index contributed by atoms with van der Waals surface area (Å²) in [5.74, 6) is -0.144. The minimum Gasteiger partial charge on any atom is -0.479 e. The maximum Gasteiger partial charge on any atom is 0.341 e. The SMILES string of the molecule is O=C(O)COc1nc(NCc2ccccc2)nc2c1CCC2. The molecule has 6 heteroatoms. The predicted octanol–water partition coefficient (Wildman–Crippen LogP) is 2.04. The Kier molecular flexibility index (Phi) is 4.18. The quantitative estimate of drug-likeness (QED) is 0.849. The highest BCUT2D eigenvalue weighted by molar-refractivity contribution is 5.68. The third-order valence-electron chi connectivity index (χ3n) is 3.52. The molecular formula is C16H17N3O3. The standard InChI is InChI=1S/C16H17N3O3/c20-14(21)10-22-15-12-7-4-8-13(12)18-16(19-15)17-9-11-5-2-1-3-6-11/h1-3,5-6H,4,7-10H2,(H,20,21)(H,17,18,19). The summed E-state index contributed by atoms with van der Waals surface area (Å²) >= 11 is 0. The molecule has 2 aromatic rings. The number of fused-ring (bicyclic) bond motifs is 1. The van der Waals surface area contributed by atoms with Gasteiger partial charge in [-0.15, -0.1) is 0 Å². The van der Waals surface area contributed by atoms with Gasteiger partial charge in [0.15, 0.2) is 6.61 Å². The van der Waals surface area contributed by atoms with Crippen LogP contribution in [0.5, 0.6) is 5.88 Å². The zero-order valence-electron chi connectivity index (χ0n) is 12.1. The Morgan fingerprint density at radius 2 is 2.05 bits per heavy atom. The first-order chi connectivity index (χ1) is 10.7. The van der Waals surface area contributed by atoms with Crippen LogP contribution in [0, 0.1) is 0 Å². The first-order valence-electron chi connectivity index (χ1n) is 7.24. The monoisotopic (exact) mass is 299 g/mol. The smallest absolute Gasteiger partial charge is 0.341 e. The number of aliphatic carboxylic acids is 1. The molecule has 3 rings (SSSR count). The molecule has 0 atom stereocenters. The van der Waals surface area contributed by atoms with Crippen molar-refractivity contribution < 1.29 is 14.6 Å². The van der Waals surface area contributed by atoms with Gasteiger partial charge >= 0.3 is 5.97 Å². The van der Waals surface area contributed by atoms with Crippen molar-refractivity contribution in [2.45, 2.75) is 25.8 Å². The van der Waals surface area contributed by atoms with E-state index in [0.29, 0.717) is 18.4 Å². The molecule has 0 saturated carbocycles. The van der Waals surface area contributed by atoms with Crippen LogP contribution < -0.4 is 10.1 Å². The average Bonchev–Trinajstić information content (AvgIpc) is 3.00. The first-order valence-corrected chi connectivity index (χ1v) is 7.24. The molecule has 22 heavy (non-hydrogen) atoms. The Hall–Kier alpha value is -2.63. The molecular weight excluding hydrogens is 282 g/mol. The fourth-order valence-corrected chi connectivity index (χ4v) is 2.50. The van der Waals surface area contributed by atoms with E-state index in [4.69, 9.17) is 9.84 Å². The van der Waals surface area contributed by atoms with Crippen molar-refractivity contribution in [3.63, 3.8) is 0 Å². The van der Waals surface area contributed by atoms with Gasteiger partial charge in [0, 0.05) is 12.1 Å². The summed E-state index contributed by atoms with van der Waals surface area (Å²) in [4.78, 5) is 19.5. The number of anilines is 1. The Bertz CT molecular complexity index is 674. The molecule has 0 aliphatic heterocycles. The second kappa shape index (κ2) is 6.43. The lowest BCUT2D eigenvalue weighted by Crippen LogP contribution is -2.13. The molecule has 0 amide bonds. The lowest BCUT2D eigenvalue weighted by molar-refractivity contribution is -0.139. The second-order valence-electron chi connectivity index (χ2n) is 5.15. The number of carbonyl (C=O) groups is 1. The number of aromatic nitrogens is 2. The molecule has 1 aromatic carbocycles. The number of ether oxygens (including phenoxy) is 1. The largest absolute Gasteiger partial charge is 0.479 e. The molecule has 0 saturated heterocycles. The lowest BCUT2D eigenvalue weighted by atomic mass is 10.2. The fourth-order valence-electron chi connectivity index (χ4n) is 2.50. The normalized spacial score (nSPS) is 12.7. The van der Waals surface area contributed by atoms with Crippen molar-refractivity contribution in [3.8, 4) is 5.88 Å². The number of hydrogen-bond acceptors (Lipinski definition) is 5. The summed E-state index contributed by atoms with van der Waals surface area (Å²) in [6, 6.07) is 9.95. The van der Waals surface area contributed by atoms with E-state index in [0.717, 1.165) is 36.1 Å². The topological polar surface area (TPSA) is 84.3 Å². The first kappa shape index (κ1) is 14.3. The van der Waals surface area contributed by atoms with E-state index in [1.165, 1.54) is 0 Å². The third-order valence-corrected chi connectivity index (χ3v) is 3.52. The zero-order chi connectivity index (χ0) is 15.4. The average molecular weight is 299 g/mol. The Balaban J connectivity index is 1.76. The minimum atomic E-state index is -1.01. The Labute approximate surface area is 128 Å². The van der Waals surface area contributed by atoms with Crippen LogP contribution in [-0.2, 0) is 24.2 Å². The minimum absolute atomic E-state index is 0.387. The third kappa shape index (κ3) is 3.33. The van der Waals surface area contributed by atoms with Crippen molar-refractivity contribution in [2.24, 2.45) is 0 Å². The number of nitrogens with one attached hydrogen (secondary N) is 1. The lowest BCUT2D eigenvalue weighted by Gasteiger charge is -2.11. The van der Waals surface area contributed by atoms with Gasteiger partial charge < -0.3 is 15.2 Å². The van der Waals surface area contributed by atoms with E-state index >= 15 is 0 Å². The van der Waals surface area contributed by atoms with Crippen molar-refractivity contribution >= 4 is 11.9 Å². The Morgan fingerprint density at radius 3 is 2.82 bits per heavy atom. The maximum absolute atomic E-state index is 10.7. The predicted molar refractivity (Wildman–Crippen MR) is 81.0 cm³/mol. The van der Waals surface area contributed by atoms with Crippen LogP contribution in [0.25, 0.3) is 0 Å². The number of hydrogen-bond donors (Lipinski definition) is 2. The maximum atomic E-state index is 10.7. The van der Waals surface area contributed by atoms with Crippen LogP contribution in [0.4, 0.5) is 5.95 Å². The summed E-state index contributed by atoms with van der Waals surface area (Å²) in [7, 11) is 0. The number of aryl methyl sites for hydroxylation is 1. The van der Waals surface area contributed by atoms with Crippen LogP contribution >= 0.6 is 0 Å². The highest BCUT2D eigenvalue weighted by Crippen LogP contribution is 2.29. The van der Waals surface area contributed by atoms with Gasteiger partial charge in [0.25, 0.3) is 0 Å². The molecule has 1 aliphatic carbocycles. The summed E-state index contributed by atoms with van der Waals surface area (Å²) in [6.45, 7) is 0.222. The highest BCUT2D eigenvalue weighted by atomic mass is 16.5. The van der Waals surface area contributed by atoms with Crippen LogP contribution in [0.1, 0.15) is 23.2 Å². The molecule has 1 heterocycles. The van der Waals surface area contributed by atoms with Gasteiger partial charge in [0.1, 0.15) is 0 Å². The number of rotatable bonds is 6. The van der Waals surface area contributed by atoms with Crippen molar-refractivity contribution in [1.82, 2.24) is 9.97 Å². The molecule has 6 nitrogen and oxygen atoms in total. The molecule has 1 aliphatic rings. The summed E-state index contributed by atoms with van der Waals surface area (Å²) in [5.41, 5.74) is 3.01. The molecule has 0 bridgehead atoms. The number of benzene rings is 1. The fraction of sp³-hybridized carbons (Fsp3) is 0.312. The van der Waals surface area contributed by atoms with Crippen molar-refractivity contribution in [3.05, 3.63) is 47.2 Å². The number of carboxylic acids is 1. The molecule has 1 aromatic heterocycles. The summed E-state index contributed by atoms with van der Waals surface area (Å²) < 4.78 is 5.31. The highest BCUT2D eigenvalue weighted by Gasteiger charge is 2.21. The van der Waals surface area contributed by atoms with Gasteiger partial charge in [-0.25, -0.2) is 9.78 Å². The molecule has 0 spiro atoms. The van der Waals surface area contributed by atoms with Gasteiger partial charge in [0.05, 0.1) is 5.69 Å². The van der Waals surface area contributed by atoms with E-state index in [-0.39, 0.29) is 6.61 Å². The van der Waals surface area contributed by atoms with E-state index < -0.39 is 5.97 Å². The van der Waals surface area contributed by atoms with Gasteiger partial charge in [0.2, 0.25) is 11.8 Å².